The summed E-state index contributed by atoms with van der Waals surface area (Å²) in [5.41, 5.74) is 1.44. The number of rotatable bonds is 4. The number of hydrogen-bond donors (Lipinski definition) is 0. The van der Waals surface area contributed by atoms with Crippen LogP contribution in [0, 0.1) is 0 Å². The molecule has 1 unspecified atom stereocenters. The lowest BCUT2D eigenvalue weighted by Crippen LogP contribution is -1.98. The summed E-state index contributed by atoms with van der Waals surface area (Å²) in [5.74, 6) is 0. The number of benzene rings is 3. The summed E-state index contributed by atoms with van der Waals surface area (Å²) < 4.78 is 0. The number of aryl methyl sites for hydroxylation is 1. The molecule has 0 radical (unpaired) electrons. The number of fused-ring (bicyclic) bond motifs is 1. The van der Waals surface area contributed by atoms with Crippen molar-refractivity contribution in [3.63, 3.8) is 0 Å². The van der Waals surface area contributed by atoms with E-state index in [1.54, 1.807) is 0 Å². The van der Waals surface area contributed by atoms with Crippen LogP contribution in [0.5, 0.6) is 0 Å². The molecule has 0 heterocycles. The van der Waals surface area contributed by atoms with Gasteiger partial charge in [0.15, 0.2) is 0 Å². The molecule has 0 aliphatic carbocycles. The van der Waals surface area contributed by atoms with Crippen molar-refractivity contribution in [2.45, 2.75) is 6.42 Å². The molecule has 0 N–H and O–H groups in total. The van der Waals surface area contributed by atoms with Crippen molar-refractivity contribution in [3.05, 3.63) is 78.4 Å². The Labute approximate surface area is 116 Å². The Balaban J connectivity index is 1.72. The maximum Gasteiger partial charge on any atom is -0.0110 e. The van der Waals surface area contributed by atoms with Gasteiger partial charge in [-0.05, 0) is 34.2 Å². The molecule has 0 aromatic heterocycles. The smallest absolute Gasteiger partial charge is 0.0110 e. The highest BCUT2D eigenvalue weighted by Gasteiger charge is 2.00. The first kappa shape index (κ1) is 12.4. The van der Waals surface area contributed by atoms with E-state index in [1.807, 2.05) is 0 Å². The Bertz CT molecular complexity index is 653. The van der Waals surface area contributed by atoms with Gasteiger partial charge in [-0.2, -0.15) is 0 Å². The van der Waals surface area contributed by atoms with E-state index in [1.165, 1.54) is 34.2 Å². The third-order valence-corrected chi connectivity index (χ3v) is 4.68. The van der Waals surface area contributed by atoms with Crippen LogP contribution in [0.1, 0.15) is 5.56 Å². The predicted octanol–water partition coefficient (Wildman–Crippen LogP) is 4.39. The predicted molar refractivity (Wildman–Crippen MR) is 86.9 cm³/mol. The molecule has 1 atom stereocenters. The van der Waals surface area contributed by atoms with Crippen LogP contribution < -0.4 is 5.30 Å². The molecule has 0 saturated carbocycles. The standard InChI is InChI=1S/C18H17P/c1-2-7-15(8-3-1)13-14-19-18-12-6-10-16-9-4-5-11-17(16)18/h1-12,19H,13-14H2. The fourth-order valence-corrected chi connectivity index (χ4v) is 3.68. The molecule has 0 bridgehead atoms. The van der Waals surface area contributed by atoms with Crippen LogP contribution >= 0.6 is 8.58 Å². The fourth-order valence-electron chi connectivity index (χ4n) is 2.37. The second-order valence-electron chi connectivity index (χ2n) is 4.69. The summed E-state index contributed by atoms with van der Waals surface area (Å²) in [5, 5.41) is 4.26. The Morgan fingerprint density at radius 2 is 1.42 bits per heavy atom. The minimum Gasteiger partial charge on any atom is -0.0894 e. The topological polar surface area (TPSA) is 0 Å². The summed E-state index contributed by atoms with van der Waals surface area (Å²) in [4.78, 5) is 0. The molecule has 0 amide bonds. The Morgan fingerprint density at radius 3 is 2.32 bits per heavy atom. The minimum absolute atomic E-state index is 0.884. The van der Waals surface area contributed by atoms with Crippen molar-refractivity contribution in [2.24, 2.45) is 0 Å². The van der Waals surface area contributed by atoms with Gasteiger partial charge in [-0.3, -0.25) is 0 Å². The maximum absolute atomic E-state index is 2.27. The quantitative estimate of drug-likeness (QED) is 0.613. The first-order chi connectivity index (χ1) is 9.43. The molecule has 0 fully saturated rings. The molecule has 94 valence electrons. The zero-order valence-electron chi connectivity index (χ0n) is 10.8. The normalized spacial score (nSPS) is 11.4. The Kier molecular flexibility index (Phi) is 3.91. The van der Waals surface area contributed by atoms with Gasteiger partial charge in [0.2, 0.25) is 0 Å². The lowest BCUT2D eigenvalue weighted by Gasteiger charge is -2.06. The molecule has 0 spiro atoms. The summed E-state index contributed by atoms with van der Waals surface area (Å²) in [6.07, 6.45) is 2.40. The zero-order valence-corrected chi connectivity index (χ0v) is 11.8. The third-order valence-electron chi connectivity index (χ3n) is 3.36. The van der Waals surface area contributed by atoms with Gasteiger partial charge >= 0.3 is 0 Å². The van der Waals surface area contributed by atoms with E-state index >= 15 is 0 Å². The molecular weight excluding hydrogens is 247 g/mol. The van der Waals surface area contributed by atoms with E-state index in [2.05, 4.69) is 72.8 Å². The van der Waals surface area contributed by atoms with E-state index in [0.717, 1.165) is 8.58 Å². The highest BCUT2D eigenvalue weighted by atomic mass is 31.1. The maximum atomic E-state index is 2.27. The monoisotopic (exact) mass is 264 g/mol. The van der Waals surface area contributed by atoms with E-state index in [9.17, 15) is 0 Å². The van der Waals surface area contributed by atoms with Gasteiger partial charge in [-0.1, -0.05) is 81.4 Å². The lowest BCUT2D eigenvalue weighted by atomic mass is 10.1. The minimum atomic E-state index is 0.884. The van der Waals surface area contributed by atoms with Crippen LogP contribution in [-0.2, 0) is 6.42 Å². The third kappa shape index (κ3) is 3.03. The second kappa shape index (κ2) is 5.99. The molecule has 19 heavy (non-hydrogen) atoms. The van der Waals surface area contributed by atoms with Crippen molar-refractivity contribution in [2.75, 3.05) is 6.16 Å². The van der Waals surface area contributed by atoms with Crippen LogP contribution in [0.4, 0.5) is 0 Å². The van der Waals surface area contributed by atoms with Gasteiger partial charge in [0, 0.05) is 0 Å². The molecule has 3 rings (SSSR count). The highest BCUT2D eigenvalue weighted by molar-refractivity contribution is 7.47. The van der Waals surface area contributed by atoms with Crippen molar-refractivity contribution in [1.82, 2.24) is 0 Å². The molecule has 3 aromatic rings. The second-order valence-corrected chi connectivity index (χ2v) is 6.08. The van der Waals surface area contributed by atoms with Crippen molar-refractivity contribution in [3.8, 4) is 0 Å². The SMILES string of the molecule is c1ccc(CCPc2cccc3ccccc23)cc1. The summed E-state index contributed by atoms with van der Waals surface area (Å²) in [6.45, 7) is 0. The molecule has 3 aromatic carbocycles. The van der Waals surface area contributed by atoms with E-state index < -0.39 is 0 Å². The van der Waals surface area contributed by atoms with Crippen LogP contribution in [0.25, 0.3) is 10.8 Å². The summed E-state index contributed by atoms with van der Waals surface area (Å²) >= 11 is 0. The fraction of sp³-hybridized carbons (Fsp3) is 0.111. The average molecular weight is 264 g/mol. The average Bonchev–Trinajstić information content (AvgIpc) is 2.49. The van der Waals surface area contributed by atoms with Crippen LogP contribution in [0.15, 0.2) is 72.8 Å². The Hall–Kier alpha value is -1.65. The van der Waals surface area contributed by atoms with Crippen molar-refractivity contribution < 1.29 is 0 Å². The first-order valence-corrected chi connectivity index (χ1v) is 7.90. The molecule has 0 aliphatic heterocycles. The van der Waals surface area contributed by atoms with E-state index in [-0.39, 0.29) is 0 Å². The van der Waals surface area contributed by atoms with Gasteiger partial charge in [-0.15, -0.1) is 0 Å². The summed E-state index contributed by atoms with van der Waals surface area (Å²) in [6, 6.07) is 26.1. The van der Waals surface area contributed by atoms with Crippen LogP contribution in [0.2, 0.25) is 0 Å². The lowest BCUT2D eigenvalue weighted by molar-refractivity contribution is 1.16. The highest BCUT2D eigenvalue weighted by Crippen LogP contribution is 2.20. The van der Waals surface area contributed by atoms with Crippen molar-refractivity contribution >= 4 is 24.7 Å². The summed E-state index contributed by atoms with van der Waals surface area (Å²) in [7, 11) is 0.884. The molecule has 1 heteroatoms. The van der Waals surface area contributed by atoms with Crippen molar-refractivity contribution in [1.29, 1.82) is 0 Å². The van der Waals surface area contributed by atoms with Gasteiger partial charge in [0.05, 0.1) is 0 Å². The molecule has 0 aliphatic rings. The molecular formula is C18H17P. The molecule has 0 nitrogen and oxygen atoms in total. The van der Waals surface area contributed by atoms with E-state index in [4.69, 9.17) is 0 Å². The Morgan fingerprint density at radius 1 is 0.684 bits per heavy atom. The van der Waals surface area contributed by atoms with E-state index in [0.29, 0.717) is 0 Å². The van der Waals surface area contributed by atoms with Gasteiger partial charge in [0.25, 0.3) is 0 Å². The molecule has 0 saturated heterocycles. The van der Waals surface area contributed by atoms with Crippen LogP contribution in [0.3, 0.4) is 0 Å². The first-order valence-electron chi connectivity index (χ1n) is 6.69. The van der Waals surface area contributed by atoms with Gasteiger partial charge < -0.3 is 0 Å². The zero-order chi connectivity index (χ0) is 12.9. The van der Waals surface area contributed by atoms with Gasteiger partial charge in [-0.25, -0.2) is 0 Å². The van der Waals surface area contributed by atoms with Crippen LogP contribution in [-0.4, -0.2) is 6.16 Å². The number of hydrogen-bond acceptors (Lipinski definition) is 0. The van der Waals surface area contributed by atoms with Gasteiger partial charge in [0.1, 0.15) is 0 Å². The largest absolute Gasteiger partial charge is 0.0894 e.